The van der Waals surface area contributed by atoms with Crippen LogP contribution in [0.3, 0.4) is 0 Å². The zero-order valence-electron chi connectivity index (χ0n) is 6.09. The number of hydrogen-bond donors (Lipinski definition) is 2. The molecular formula is C5H11N5O. The van der Waals surface area contributed by atoms with E-state index in [1.54, 1.807) is 4.68 Å². The molecule has 0 fully saturated rings. The zero-order chi connectivity index (χ0) is 8.10. The third kappa shape index (κ3) is 2.60. The highest BCUT2D eigenvalue weighted by Crippen LogP contribution is 1.91. The van der Waals surface area contributed by atoms with Crippen LogP contribution < -0.4 is 5.73 Å². The molecule has 0 aliphatic heterocycles. The van der Waals surface area contributed by atoms with Crippen LogP contribution in [0.1, 0.15) is 6.42 Å². The van der Waals surface area contributed by atoms with E-state index < -0.39 is 6.10 Å². The summed E-state index contributed by atoms with van der Waals surface area (Å²) in [7, 11) is 0. The lowest BCUT2D eigenvalue weighted by molar-refractivity contribution is 0.164. The van der Waals surface area contributed by atoms with E-state index in [1.807, 2.05) is 0 Å². The molecule has 0 unspecified atom stereocenters. The molecular weight excluding hydrogens is 146 g/mol. The average molecular weight is 157 g/mol. The third-order valence-electron chi connectivity index (χ3n) is 1.35. The van der Waals surface area contributed by atoms with Gasteiger partial charge >= 0.3 is 0 Å². The molecule has 0 spiro atoms. The van der Waals surface area contributed by atoms with Gasteiger partial charge in [-0.2, -0.15) is 0 Å². The van der Waals surface area contributed by atoms with Gasteiger partial charge in [-0.3, -0.25) is 0 Å². The Morgan fingerprint density at radius 1 is 1.64 bits per heavy atom. The van der Waals surface area contributed by atoms with Crippen LogP contribution in [-0.2, 0) is 6.54 Å². The van der Waals surface area contributed by atoms with Crippen LogP contribution in [0.5, 0.6) is 0 Å². The predicted octanol–water partition coefficient (Wildman–Crippen LogP) is -1.62. The number of rotatable bonds is 4. The van der Waals surface area contributed by atoms with Gasteiger partial charge in [0.1, 0.15) is 6.33 Å². The second kappa shape index (κ2) is 3.99. The minimum atomic E-state index is -0.459. The fourth-order valence-electron chi connectivity index (χ4n) is 0.682. The first-order valence-electron chi connectivity index (χ1n) is 3.42. The molecule has 0 amide bonds. The summed E-state index contributed by atoms with van der Waals surface area (Å²) in [4.78, 5) is 0. The molecule has 0 saturated heterocycles. The monoisotopic (exact) mass is 157 g/mol. The molecule has 6 heteroatoms. The van der Waals surface area contributed by atoms with Crippen molar-refractivity contribution in [3.8, 4) is 0 Å². The van der Waals surface area contributed by atoms with Crippen molar-refractivity contribution in [3.05, 3.63) is 6.33 Å². The van der Waals surface area contributed by atoms with Gasteiger partial charge in [0.05, 0.1) is 6.10 Å². The van der Waals surface area contributed by atoms with Crippen LogP contribution in [0.25, 0.3) is 0 Å². The van der Waals surface area contributed by atoms with Gasteiger partial charge in [0, 0.05) is 13.1 Å². The average Bonchev–Trinajstić information content (AvgIpc) is 2.52. The Balaban J connectivity index is 2.23. The second-order valence-electron chi connectivity index (χ2n) is 2.25. The SMILES string of the molecule is NC[C@H](O)CCn1cnnn1. The smallest absolute Gasteiger partial charge is 0.138 e. The molecule has 0 aliphatic rings. The van der Waals surface area contributed by atoms with E-state index in [2.05, 4.69) is 15.5 Å². The molecule has 3 N–H and O–H groups in total. The minimum Gasteiger partial charge on any atom is -0.392 e. The molecule has 1 aromatic heterocycles. The zero-order valence-corrected chi connectivity index (χ0v) is 6.09. The van der Waals surface area contributed by atoms with E-state index in [-0.39, 0.29) is 6.54 Å². The molecule has 1 heterocycles. The maximum atomic E-state index is 9.05. The molecule has 11 heavy (non-hydrogen) atoms. The summed E-state index contributed by atoms with van der Waals surface area (Å²) in [6.07, 6.45) is 1.63. The topological polar surface area (TPSA) is 89.8 Å². The highest BCUT2D eigenvalue weighted by molar-refractivity contribution is 4.56. The van der Waals surface area contributed by atoms with Gasteiger partial charge in [-0.15, -0.1) is 5.10 Å². The van der Waals surface area contributed by atoms with Crippen LogP contribution in [-0.4, -0.2) is 38.0 Å². The van der Waals surface area contributed by atoms with Gasteiger partial charge in [-0.25, -0.2) is 4.68 Å². The molecule has 0 saturated carbocycles. The van der Waals surface area contributed by atoms with Crippen molar-refractivity contribution in [3.63, 3.8) is 0 Å². The molecule has 1 atom stereocenters. The lowest BCUT2D eigenvalue weighted by atomic mass is 10.2. The summed E-state index contributed by atoms with van der Waals surface area (Å²) < 4.78 is 1.55. The normalized spacial score (nSPS) is 13.3. The van der Waals surface area contributed by atoms with E-state index in [0.29, 0.717) is 13.0 Å². The van der Waals surface area contributed by atoms with Gasteiger partial charge < -0.3 is 10.8 Å². The van der Waals surface area contributed by atoms with Gasteiger partial charge in [-0.05, 0) is 16.8 Å². The number of nitrogens with two attached hydrogens (primary N) is 1. The maximum absolute atomic E-state index is 9.05. The number of nitrogens with zero attached hydrogens (tertiary/aromatic N) is 4. The lowest BCUT2D eigenvalue weighted by Crippen LogP contribution is -2.21. The predicted molar refractivity (Wildman–Crippen MR) is 37.5 cm³/mol. The van der Waals surface area contributed by atoms with Crippen LogP contribution in [0, 0.1) is 0 Å². The highest BCUT2D eigenvalue weighted by atomic mass is 16.3. The number of aliphatic hydroxyl groups is 1. The molecule has 0 radical (unpaired) electrons. The first kappa shape index (κ1) is 8.09. The van der Waals surface area contributed by atoms with Crippen molar-refractivity contribution in [2.45, 2.75) is 19.1 Å². The molecule has 0 bridgehead atoms. The third-order valence-corrected chi connectivity index (χ3v) is 1.35. The summed E-state index contributed by atoms with van der Waals surface area (Å²) in [6, 6.07) is 0. The molecule has 1 rings (SSSR count). The second-order valence-corrected chi connectivity index (χ2v) is 2.25. The maximum Gasteiger partial charge on any atom is 0.138 e. The van der Waals surface area contributed by atoms with Crippen LogP contribution >= 0.6 is 0 Å². The van der Waals surface area contributed by atoms with Gasteiger partial charge in [-0.1, -0.05) is 0 Å². The summed E-state index contributed by atoms with van der Waals surface area (Å²) in [6.45, 7) is 0.882. The fourth-order valence-corrected chi connectivity index (χ4v) is 0.682. The molecule has 0 aliphatic carbocycles. The Labute approximate surface area is 64.0 Å². The van der Waals surface area contributed by atoms with Crippen molar-refractivity contribution >= 4 is 0 Å². The van der Waals surface area contributed by atoms with Gasteiger partial charge in [0.2, 0.25) is 0 Å². The quantitative estimate of drug-likeness (QED) is 0.548. The first-order valence-corrected chi connectivity index (χ1v) is 3.42. The number of aliphatic hydroxyl groups excluding tert-OH is 1. The van der Waals surface area contributed by atoms with E-state index in [0.717, 1.165) is 0 Å². The Bertz CT molecular complexity index is 187. The minimum absolute atomic E-state index is 0.280. The van der Waals surface area contributed by atoms with E-state index >= 15 is 0 Å². The largest absolute Gasteiger partial charge is 0.392 e. The summed E-state index contributed by atoms with van der Waals surface area (Å²) >= 11 is 0. The number of aryl methyl sites for hydroxylation is 1. The van der Waals surface area contributed by atoms with Crippen molar-refractivity contribution in [2.75, 3.05) is 6.54 Å². The Morgan fingerprint density at radius 3 is 3.00 bits per heavy atom. The molecule has 62 valence electrons. The molecule has 0 aromatic carbocycles. The van der Waals surface area contributed by atoms with E-state index in [4.69, 9.17) is 10.8 Å². The summed E-state index contributed by atoms with van der Waals surface area (Å²) in [5.74, 6) is 0. The first-order chi connectivity index (χ1) is 5.33. The summed E-state index contributed by atoms with van der Waals surface area (Å²) in [5.41, 5.74) is 5.20. The highest BCUT2D eigenvalue weighted by Gasteiger charge is 2.00. The van der Waals surface area contributed by atoms with Crippen molar-refractivity contribution in [1.29, 1.82) is 0 Å². The van der Waals surface area contributed by atoms with Crippen molar-refractivity contribution in [2.24, 2.45) is 5.73 Å². The Morgan fingerprint density at radius 2 is 2.45 bits per heavy atom. The lowest BCUT2D eigenvalue weighted by Gasteiger charge is -2.05. The molecule has 6 nitrogen and oxygen atoms in total. The van der Waals surface area contributed by atoms with Crippen LogP contribution in [0.4, 0.5) is 0 Å². The fraction of sp³-hybridized carbons (Fsp3) is 0.800. The van der Waals surface area contributed by atoms with Crippen molar-refractivity contribution < 1.29 is 5.11 Å². The van der Waals surface area contributed by atoms with Crippen LogP contribution in [0.2, 0.25) is 0 Å². The van der Waals surface area contributed by atoms with E-state index in [1.165, 1.54) is 6.33 Å². The van der Waals surface area contributed by atoms with Gasteiger partial charge in [0.15, 0.2) is 0 Å². The number of tetrazole rings is 1. The number of hydrogen-bond acceptors (Lipinski definition) is 5. The number of aromatic nitrogens is 4. The summed E-state index contributed by atoms with van der Waals surface area (Å²) in [5, 5.41) is 19.6. The molecule has 1 aromatic rings. The van der Waals surface area contributed by atoms with Crippen molar-refractivity contribution in [1.82, 2.24) is 20.2 Å². The van der Waals surface area contributed by atoms with Gasteiger partial charge in [0.25, 0.3) is 0 Å². The standard InChI is InChI=1S/C5H11N5O/c6-3-5(11)1-2-10-4-7-8-9-10/h4-5,11H,1-3,6H2/t5-/m1/s1. The van der Waals surface area contributed by atoms with E-state index in [9.17, 15) is 0 Å². The van der Waals surface area contributed by atoms with Crippen LogP contribution in [0.15, 0.2) is 6.33 Å². The Kier molecular flexibility index (Phi) is 2.94. The Hall–Kier alpha value is -1.01.